The van der Waals surface area contributed by atoms with E-state index in [2.05, 4.69) is 21.0 Å². The molecule has 80 valence electrons. The van der Waals surface area contributed by atoms with Gasteiger partial charge in [-0.25, -0.2) is 0 Å². The molecule has 0 bridgehead atoms. The minimum Gasteiger partial charge on any atom is -0.292 e. The number of hydrogen-bond donors (Lipinski definition) is 0. The van der Waals surface area contributed by atoms with Gasteiger partial charge >= 0.3 is 0 Å². The van der Waals surface area contributed by atoms with Gasteiger partial charge in [0.2, 0.25) is 0 Å². The SMILES string of the molecule is Cn1ncc(Br)c1C(=O)C1CC2CC2C1. The largest absolute Gasteiger partial charge is 0.292 e. The first kappa shape index (κ1) is 9.58. The Morgan fingerprint density at radius 1 is 1.47 bits per heavy atom. The van der Waals surface area contributed by atoms with Crippen molar-refractivity contribution < 1.29 is 4.79 Å². The Kier molecular flexibility index (Phi) is 2.03. The molecule has 0 aromatic carbocycles. The third kappa shape index (κ3) is 1.46. The molecule has 2 atom stereocenters. The Labute approximate surface area is 97.0 Å². The van der Waals surface area contributed by atoms with E-state index in [4.69, 9.17) is 0 Å². The Bertz CT molecular complexity index is 397. The van der Waals surface area contributed by atoms with E-state index in [1.807, 2.05) is 7.05 Å². The van der Waals surface area contributed by atoms with Crippen LogP contribution in [0.15, 0.2) is 10.7 Å². The topological polar surface area (TPSA) is 34.9 Å². The van der Waals surface area contributed by atoms with Crippen molar-refractivity contribution in [1.82, 2.24) is 9.78 Å². The molecule has 2 saturated carbocycles. The number of carbonyl (C=O) groups excluding carboxylic acids is 1. The van der Waals surface area contributed by atoms with Gasteiger partial charge in [0.1, 0.15) is 5.69 Å². The molecule has 0 spiro atoms. The maximum Gasteiger partial charge on any atom is 0.185 e. The smallest absolute Gasteiger partial charge is 0.185 e. The predicted octanol–water partition coefficient (Wildman–Crippen LogP) is 2.41. The molecule has 0 aliphatic heterocycles. The molecule has 4 heteroatoms. The van der Waals surface area contributed by atoms with Crippen LogP contribution in [0.1, 0.15) is 29.8 Å². The Balaban J connectivity index is 1.85. The van der Waals surface area contributed by atoms with Gasteiger partial charge < -0.3 is 0 Å². The van der Waals surface area contributed by atoms with Crippen molar-refractivity contribution in [1.29, 1.82) is 0 Å². The molecule has 0 N–H and O–H groups in total. The lowest BCUT2D eigenvalue weighted by molar-refractivity contribution is 0.0904. The Morgan fingerprint density at radius 2 is 2.13 bits per heavy atom. The number of rotatable bonds is 2. The number of nitrogens with zero attached hydrogens (tertiary/aromatic N) is 2. The fraction of sp³-hybridized carbons (Fsp3) is 0.636. The van der Waals surface area contributed by atoms with Gasteiger partial charge in [-0.05, 0) is 47.0 Å². The zero-order valence-electron chi connectivity index (χ0n) is 8.61. The van der Waals surface area contributed by atoms with Crippen molar-refractivity contribution in [2.75, 3.05) is 0 Å². The van der Waals surface area contributed by atoms with Crippen molar-refractivity contribution in [3.63, 3.8) is 0 Å². The first-order valence-corrected chi connectivity index (χ1v) is 6.18. The van der Waals surface area contributed by atoms with E-state index in [0.29, 0.717) is 0 Å². The summed E-state index contributed by atoms with van der Waals surface area (Å²) in [6, 6.07) is 0. The number of ketones is 1. The lowest BCUT2D eigenvalue weighted by atomic mass is 9.96. The van der Waals surface area contributed by atoms with Crippen LogP contribution in [-0.4, -0.2) is 15.6 Å². The second kappa shape index (κ2) is 3.17. The van der Waals surface area contributed by atoms with Crippen LogP contribution >= 0.6 is 15.9 Å². The van der Waals surface area contributed by atoms with E-state index in [0.717, 1.165) is 34.8 Å². The van der Waals surface area contributed by atoms with Crippen molar-refractivity contribution >= 4 is 21.7 Å². The van der Waals surface area contributed by atoms with Crippen LogP contribution in [0, 0.1) is 17.8 Å². The highest BCUT2D eigenvalue weighted by Gasteiger charge is 2.48. The first-order valence-electron chi connectivity index (χ1n) is 5.38. The maximum atomic E-state index is 12.2. The van der Waals surface area contributed by atoms with Crippen LogP contribution < -0.4 is 0 Å². The molecule has 1 heterocycles. The van der Waals surface area contributed by atoms with E-state index < -0.39 is 0 Å². The third-order valence-corrected chi connectivity index (χ3v) is 4.32. The fourth-order valence-corrected chi connectivity index (χ4v) is 3.35. The van der Waals surface area contributed by atoms with Crippen LogP contribution in [0.4, 0.5) is 0 Å². The van der Waals surface area contributed by atoms with Gasteiger partial charge in [0, 0.05) is 13.0 Å². The molecule has 1 aromatic heterocycles. The minimum absolute atomic E-state index is 0.250. The van der Waals surface area contributed by atoms with Gasteiger partial charge in [0.25, 0.3) is 0 Å². The summed E-state index contributed by atoms with van der Waals surface area (Å²) in [7, 11) is 1.83. The Morgan fingerprint density at radius 3 is 2.67 bits per heavy atom. The molecule has 0 saturated heterocycles. The van der Waals surface area contributed by atoms with Crippen LogP contribution in [0.25, 0.3) is 0 Å². The summed E-state index contributed by atoms with van der Waals surface area (Å²) < 4.78 is 2.51. The molecule has 3 rings (SSSR count). The van der Waals surface area contributed by atoms with E-state index in [9.17, 15) is 4.79 Å². The molecule has 0 radical (unpaired) electrons. The summed E-state index contributed by atoms with van der Waals surface area (Å²) in [5, 5.41) is 4.09. The molecule has 2 unspecified atom stereocenters. The lowest BCUT2D eigenvalue weighted by Gasteiger charge is -2.10. The van der Waals surface area contributed by atoms with Gasteiger partial charge in [-0.3, -0.25) is 9.48 Å². The number of hydrogen-bond acceptors (Lipinski definition) is 2. The molecule has 2 fully saturated rings. The number of fused-ring (bicyclic) bond motifs is 1. The second-order valence-corrected chi connectivity index (χ2v) is 5.61. The highest BCUT2D eigenvalue weighted by molar-refractivity contribution is 9.10. The summed E-state index contributed by atoms with van der Waals surface area (Å²) >= 11 is 3.39. The first-order chi connectivity index (χ1) is 7.16. The highest BCUT2D eigenvalue weighted by atomic mass is 79.9. The highest BCUT2D eigenvalue weighted by Crippen LogP contribution is 2.55. The molecule has 1 aromatic rings. The molecule has 15 heavy (non-hydrogen) atoms. The monoisotopic (exact) mass is 268 g/mol. The lowest BCUT2D eigenvalue weighted by Crippen LogP contribution is -2.17. The normalized spacial score (nSPS) is 32.8. The summed E-state index contributed by atoms with van der Waals surface area (Å²) in [6.07, 6.45) is 5.25. The summed E-state index contributed by atoms with van der Waals surface area (Å²) in [5.74, 6) is 2.23. The zero-order valence-corrected chi connectivity index (χ0v) is 10.2. The van der Waals surface area contributed by atoms with E-state index in [1.54, 1.807) is 10.9 Å². The predicted molar refractivity (Wildman–Crippen MR) is 59.6 cm³/mol. The van der Waals surface area contributed by atoms with Gasteiger partial charge in [0.05, 0.1) is 10.7 Å². The van der Waals surface area contributed by atoms with Crippen LogP contribution in [0.3, 0.4) is 0 Å². The number of aryl methyl sites for hydroxylation is 1. The Hall–Kier alpha value is -0.640. The van der Waals surface area contributed by atoms with Crippen molar-refractivity contribution in [3.8, 4) is 0 Å². The van der Waals surface area contributed by atoms with E-state index >= 15 is 0 Å². The summed E-state index contributed by atoms with van der Waals surface area (Å²) in [4.78, 5) is 12.2. The molecule has 2 aliphatic rings. The number of Topliss-reactive ketones (excluding diaryl/α,β-unsaturated/α-hetero) is 1. The molecular weight excluding hydrogens is 256 g/mol. The van der Waals surface area contributed by atoms with E-state index in [1.165, 1.54) is 6.42 Å². The van der Waals surface area contributed by atoms with Gasteiger partial charge in [-0.1, -0.05) is 0 Å². The van der Waals surface area contributed by atoms with Crippen molar-refractivity contribution in [2.45, 2.75) is 19.3 Å². The molecule has 3 nitrogen and oxygen atoms in total. The van der Waals surface area contributed by atoms with Crippen LogP contribution in [0.2, 0.25) is 0 Å². The van der Waals surface area contributed by atoms with Gasteiger partial charge in [0.15, 0.2) is 5.78 Å². The number of carbonyl (C=O) groups is 1. The zero-order chi connectivity index (χ0) is 10.6. The van der Waals surface area contributed by atoms with Crippen molar-refractivity contribution in [2.24, 2.45) is 24.8 Å². The van der Waals surface area contributed by atoms with Crippen molar-refractivity contribution in [3.05, 3.63) is 16.4 Å². The molecule has 2 aliphatic carbocycles. The average molecular weight is 269 g/mol. The van der Waals surface area contributed by atoms with E-state index in [-0.39, 0.29) is 11.7 Å². The van der Waals surface area contributed by atoms with Crippen LogP contribution in [0.5, 0.6) is 0 Å². The van der Waals surface area contributed by atoms with Gasteiger partial charge in [-0.2, -0.15) is 5.10 Å². The average Bonchev–Trinajstić information content (AvgIpc) is 2.66. The summed E-state index contributed by atoms with van der Waals surface area (Å²) in [6.45, 7) is 0. The molecular formula is C11H13BrN2O. The second-order valence-electron chi connectivity index (χ2n) is 4.75. The van der Waals surface area contributed by atoms with Gasteiger partial charge in [-0.15, -0.1) is 0 Å². The molecule has 0 amide bonds. The summed E-state index contributed by atoms with van der Waals surface area (Å²) in [5.41, 5.74) is 0.737. The third-order valence-electron chi connectivity index (χ3n) is 3.74. The minimum atomic E-state index is 0.250. The maximum absolute atomic E-state index is 12.2. The number of halogens is 1. The standard InChI is InChI=1S/C11H13BrN2O/c1-14-10(9(12)5-13-14)11(15)8-3-6-2-7(6)4-8/h5-8H,2-4H2,1H3. The van der Waals surface area contributed by atoms with Crippen LogP contribution in [-0.2, 0) is 7.05 Å². The number of aromatic nitrogens is 2. The quantitative estimate of drug-likeness (QED) is 0.773. The fourth-order valence-electron chi connectivity index (χ4n) is 2.81.